The van der Waals surface area contributed by atoms with Crippen molar-refractivity contribution in [3.63, 3.8) is 0 Å². The first-order valence-corrected chi connectivity index (χ1v) is 3.65. The molecule has 0 aromatic rings. The summed E-state index contributed by atoms with van der Waals surface area (Å²) >= 11 is 5.75. The third-order valence-corrected chi connectivity index (χ3v) is 2.25. The zero-order valence-corrected chi connectivity index (χ0v) is 6.16. The van der Waals surface area contributed by atoms with Gasteiger partial charge in [-0.25, -0.2) is 4.39 Å². The number of rotatable bonds is 0. The zero-order chi connectivity index (χ0) is 6.85. The van der Waals surface area contributed by atoms with Crippen molar-refractivity contribution in [1.82, 2.24) is 5.32 Å². The third-order valence-electron chi connectivity index (χ3n) is 1.66. The van der Waals surface area contributed by atoms with E-state index in [0.29, 0.717) is 13.0 Å². The van der Waals surface area contributed by atoms with Crippen LogP contribution in [0.5, 0.6) is 0 Å². The van der Waals surface area contributed by atoms with Gasteiger partial charge in [0.1, 0.15) is 6.17 Å². The summed E-state index contributed by atoms with van der Waals surface area (Å²) in [6.45, 7) is 2.37. The first-order valence-electron chi connectivity index (χ1n) is 3.21. The molecule has 1 rings (SSSR count). The van der Waals surface area contributed by atoms with Crippen LogP contribution in [0.3, 0.4) is 0 Å². The second-order valence-corrected chi connectivity index (χ2v) is 3.09. The van der Waals surface area contributed by atoms with Gasteiger partial charge in [-0.2, -0.15) is 0 Å². The van der Waals surface area contributed by atoms with Crippen LogP contribution in [0, 0.1) is 5.92 Å². The fraction of sp³-hybridized carbons (Fsp3) is 1.00. The summed E-state index contributed by atoms with van der Waals surface area (Å²) < 4.78 is 12.5. The molecule has 0 bridgehead atoms. The van der Waals surface area contributed by atoms with E-state index < -0.39 is 6.17 Å². The molecule has 3 heteroatoms. The Balaban J connectivity index is 2.35. The topological polar surface area (TPSA) is 12.0 Å². The smallest absolute Gasteiger partial charge is 0.113 e. The van der Waals surface area contributed by atoms with E-state index in [1.807, 2.05) is 6.92 Å². The molecule has 9 heavy (non-hydrogen) atoms. The minimum absolute atomic E-state index is 0.0306. The minimum atomic E-state index is -0.699. The Labute approximate surface area is 59.6 Å². The molecule has 1 nitrogen and oxygen atoms in total. The van der Waals surface area contributed by atoms with Crippen molar-refractivity contribution in [2.45, 2.75) is 25.0 Å². The number of piperidine rings is 1. The first kappa shape index (κ1) is 7.29. The molecule has 1 aliphatic heterocycles. The molecule has 0 aliphatic carbocycles. The monoisotopic (exact) mass is 151 g/mol. The van der Waals surface area contributed by atoms with Crippen molar-refractivity contribution in [1.29, 1.82) is 0 Å². The van der Waals surface area contributed by atoms with Crippen LogP contribution in [0.25, 0.3) is 0 Å². The van der Waals surface area contributed by atoms with Gasteiger partial charge in [0.25, 0.3) is 0 Å². The van der Waals surface area contributed by atoms with Crippen LogP contribution < -0.4 is 5.32 Å². The summed E-state index contributed by atoms with van der Waals surface area (Å²) in [7, 11) is 0. The Bertz CT molecular complexity index is 99.1. The number of nitrogens with one attached hydrogen (secondary N) is 1. The van der Waals surface area contributed by atoms with Crippen molar-refractivity contribution >= 4 is 11.6 Å². The number of hydrogen-bond acceptors (Lipinski definition) is 1. The van der Waals surface area contributed by atoms with E-state index in [4.69, 9.17) is 11.6 Å². The maximum Gasteiger partial charge on any atom is 0.113 e. The number of alkyl halides is 2. The van der Waals surface area contributed by atoms with Gasteiger partial charge in [-0.15, -0.1) is 11.6 Å². The Morgan fingerprint density at radius 3 is 2.78 bits per heavy atom. The molecule has 1 heterocycles. The van der Waals surface area contributed by atoms with Gasteiger partial charge in [-0.05, 0) is 12.3 Å². The summed E-state index contributed by atoms with van der Waals surface area (Å²) in [5, 5.41) is 2.87. The van der Waals surface area contributed by atoms with Crippen molar-refractivity contribution in [3.8, 4) is 0 Å². The van der Waals surface area contributed by atoms with E-state index in [2.05, 4.69) is 5.32 Å². The highest BCUT2D eigenvalue weighted by molar-refractivity contribution is 6.20. The van der Waals surface area contributed by atoms with Crippen molar-refractivity contribution in [2.75, 3.05) is 6.54 Å². The predicted octanol–water partition coefficient (Wildman–Crippen LogP) is 1.52. The van der Waals surface area contributed by atoms with E-state index >= 15 is 0 Å². The Kier molecular flexibility index (Phi) is 2.30. The number of halogens is 2. The van der Waals surface area contributed by atoms with Crippen LogP contribution in [0.2, 0.25) is 0 Å². The van der Waals surface area contributed by atoms with Crippen LogP contribution in [0.15, 0.2) is 0 Å². The molecule has 3 unspecified atom stereocenters. The Morgan fingerprint density at radius 1 is 1.67 bits per heavy atom. The molecule has 0 aromatic heterocycles. The largest absolute Gasteiger partial charge is 0.298 e. The van der Waals surface area contributed by atoms with Gasteiger partial charge in [0.05, 0.1) is 5.50 Å². The van der Waals surface area contributed by atoms with E-state index in [9.17, 15) is 4.39 Å². The summed E-state index contributed by atoms with van der Waals surface area (Å²) in [5.41, 5.74) is -0.0306. The van der Waals surface area contributed by atoms with Crippen LogP contribution in [-0.4, -0.2) is 18.2 Å². The Morgan fingerprint density at radius 2 is 2.33 bits per heavy atom. The molecule has 1 N–H and O–H groups in total. The molecule has 0 saturated carbocycles. The summed E-state index contributed by atoms with van der Waals surface area (Å²) in [4.78, 5) is 0. The lowest BCUT2D eigenvalue weighted by Gasteiger charge is -2.27. The molecular formula is C6H11ClFN. The second kappa shape index (κ2) is 2.84. The molecule has 3 atom stereocenters. The van der Waals surface area contributed by atoms with Crippen molar-refractivity contribution < 1.29 is 4.39 Å². The molecule has 1 fully saturated rings. The fourth-order valence-corrected chi connectivity index (χ4v) is 1.24. The van der Waals surface area contributed by atoms with Crippen LogP contribution in [0.1, 0.15) is 13.3 Å². The Hall–Kier alpha value is 0.180. The van der Waals surface area contributed by atoms with E-state index in [0.717, 1.165) is 0 Å². The minimum Gasteiger partial charge on any atom is -0.298 e. The summed E-state index contributed by atoms with van der Waals surface area (Å²) in [5.74, 6) is 0.260. The molecule has 1 saturated heterocycles. The third kappa shape index (κ3) is 1.80. The standard InChI is InChI=1S/C6H11ClFN/c1-4-2-5(8)3-9-6(4)7/h4-6,9H,2-3H2,1H3. The van der Waals surface area contributed by atoms with Crippen molar-refractivity contribution in [3.05, 3.63) is 0 Å². The van der Waals surface area contributed by atoms with E-state index in [1.54, 1.807) is 0 Å². The lowest BCUT2D eigenvalue weighted by atomic mass is 10.0. The van der Waals surface area contributed by atoms with Crippen LogP contribution in [-0.2, 0) is 0 Å². The molecular weight excluding hydrogens is 141 g/mol. The maximum atomic E-state index is 12.5. The van der Waals surface area contributed by atoms with Gasteiger partial charge in [0, 0.05) is 6.54 Å². The van der Waals surface area contributed by atoms with Gasteiger partial charge >= 0.3 is 0 Å². The normalized spacial score (nSPS) is 45.0. The summed E-state index contributed by atoms with van der Waals surface area (Å²) in [6.07, 6.45) is -0.101. The highest BCUT2D eigenvalue weighted by atomic mass is 35.5. The van der Waals surface area contributed by atoms with Crippen LogP contribution in [0.4, 0.5) is 4.39 Å². The fourth-order valence-electron chi connectivity index (χ4n) is 1.05. The lowest BCUT2D eigenvalue weighted by molar-refractivity contribution is 0.211. The number of hydrogen-bond donors (Lipinski definition) is 1. The zero-order valence-electron chi connectivity index (χ0n) is 5.40. The molecule has 0 spiro atoms. The van der Waals surface area contributed by atoms with Gasteiger partial charge in [-0.3, -0.25) is 5.32 Å². The maximum absolute atomic E-state index is 12.5. The molecule has 54 valence electrons. The van der Waals surface area contributed by atoms with Gasteiger partial charge < -0.3 is 0 Å². The molecule has 0 aromatic carbocycles. The van der Waals surface area contributed by atoms with E-state index in [1.165, 1.54) is 0 Å². The lowest BCUT2D eigenvalue weighted by Crippen LogP contribution is -2.41. The van der Waals surface area contributed by atoms with Gasteiger partial charge in [-0.1, -0.05) is 6.92 Å². The average Bonchev–Trinajstić information content (AvgIpc) is 1.80. The highest BCUT2D eigenvalue weighted by Gasteiger charge is 2.24. The van der Waals surface area contributed by atoms with Crippen LogP contribution >= 0.6 is 11.6 Å². The molecule has 1 aliphatic rings. The molecule has 0 amide bonds. The van der Waals surface area contributed by atoms with E-state index in [-0.39, 0.29) is 11.4 Å². The predicted molar refractivity (Wildman–Crippen MR) is 36.3 cm³/mol. The SMILES string of the molecule is CC1CC(F)CNC1Cl. The van der Waals surface area contributed by atoms with Gasteiger partial charge in [0.15, 0.2) is 0 Å². The highest BCUT2D eigenvalue weighted by Crippen LogP contribution is 2.19. The molecule has 0 radical (unpaired) electrons. The second-order valence-electron chi connectivity index (χ2n) is 2.62. The first-order chi connectivity index (χ1) is 4.20. The summed E-state index contributed by atoms with van der Waals surface area (Å²) in [6, 6.07) is 0. The quantitative estimate of drug-likeness (QED) is 0.409. The van der Waals surface area contributed by atoms with Crippen molar-refractivity contribution in [2.24, 2.45) is 5.92 Å². The average molecular weight is 152 g/mol. The van der Waals surface area contributed by atoms with Gasteiger partial charge in [0.2, 0.25) is 0 Å².